The summed E-state index contributed by atoms with van der Waals surface area (Å²) in [5.41, 5.74) is 1.30. The summed E-state index contributed by atoms with van der Waals surface area (Å²) >= 11 is 2.77. The van der Waals surface area contributed by atoms with E-state index >= 15 is 0 Å². The lowest BCUT2D eigenvalue weighted by atomic mass is 10.2. The van der Waals surface area contributed by atoms with Crippen LogP contribution in [0, 0.1) is 18.6 Å². The molecule has 4 nitrogen and oxygen atoms in total. The molecule has 0 fully saturated rings. The third-order valence-electron chi connectivity index (χ3n) is 4.53. The van der Waals surface area contributed by atoms with Crippen LogP contribution in [-0.2, 0) is 4.79 Å². The number of hydrogen-bond donors (Lipinski definition) is 0. The van der Waals surface area contributed by atoms with Crippen molar-refractivity contribution >= 4 is 56.8 Å². The number of aryl methyl sites for hydroxylation is 1. The number of thioether (sulfide) groups is 1. The van der Waals surface area contributed by atoms with E-state index in [9.17, 15) is 13.6 Å². The summed E-state index contributed by atoms with van der Waals surface area (Å²) in [7, 11) is 3.94. The summed E-state index contributed by atoms with van der Waals surface area (Å²) in [4.78, 5) is 22.1. The van der Waals surface area contributed by atoms with Gasteiger partial charge in [0.25, 0.3) is 0 Å². The first-order chi connectivity index (χ1) is 14.3. The SMILES string of the molecule is Cc1ccc(SCCC(=O)N(CCCN(C)C)c2nc3c(F)cc(F)cc3s2)cc1.Cl. The molecule has 0 N–H and O–H groups in total. The van der Waals surface area contributed by atoms with E-state index in [0.717, 1.165) is 35.3 Å². The van der Waals surface area contributed by atoms with Gasteiger partial charge in [-0.25, -0.2) is 13.8 Å². The summed E-state index contributed by atoms with van der Waals surface area (Å²) < 4.78 is 28.1. The molecular formula is C22H26ClF2N3OS2. The number of carbonyl (C=O) groups excluding carboxylic acids is 1. The topological polar surface area (TPSA) is 36.4 Å². The number of amides is 1. The quantitative estimate of drug-likeness (QED) is 0.360. The van der Waals surface area contributed by atoms with Gasteiger partial charge in [-0.3, -0.25) is 9.69 Å². The van der Waals surface area contributed by atoms with E-state index in [0.29, 0.717) is 28.5 Å². The fraction of sp³-hybridized carbons (Fsp3) is 0.364. The number of nitrogens with zero attached hydrogens (tertiary/aromatic N) is 3. The van der Waals surface area contributed by atoms with Gasteiger partial charge in [-0.05, 0) is 52.2 Å². The zero-order chi connectivity index (χ0) is 21.7. The largest absolute Gasteiger partial charge is 0.309 e. The van der Waals surface area contributed by atoms with E-state index in [1.807, 2.05) is 50.2 Å². The molecule has 3 rings (SSSR count). The average Bonchev–Trinajstić information content (AvgIpc) is 3.10. The van der Waals surface area contributed by atoms with E-state index in [1.165, 1.54) is 11.6 Å². The van der Waals surface area contributed by atoms with Crippen LogP contribution in [0.15, 0.2) is 41.3 Å². The van der Waals surface area contributed by atoms with Gasteiger partial charge in [-0.2, -0.15) is 0 Å². The maximum Gasteiger partial charge on any atom is 0.229 e. The van der Waals surface area contributed by atoms with Crippen LogP contribution in [0.2, 0.25) is 0 Å². The first-order valence-corrected chi connectivity index (χ1v) is 11.5. The number of carbonyl (C=O) groups is 1. The Labute approximate surface area is 196 Å². The van der Waals surface area contributed by atoms with Crippen molar-refractivity contribution in [3.63, 3.8) is 0 Å². The molecule has 1 heterocycles. The number of anilines is 1. The summed E-state index contributed by atoms with van der Waals surface area (Å²) in [5, 5.41) is 0.415. The number of benzene rings is 2. The molecule has 0 aliphatic heterocycles. The maximum atomic E-state index is 14.1. The molecule has 0 bridgehead atoms. The molecular weight excluding hydrogens is 460 g/mol. The van der Waals surface area contributed by atoms with Gasteiger partial charge in [-0.1, -0.05) is 29.0 Å². The van der Waals surface area contributed by atoms with Crippen LogP contribution >= 0.6 is 35.5 Å². The Morgan fingerprint density at radius 1 is 1.13 bits per heavy atom. The lowest BCUT2D eigenvalue weighted by Crippen LogP contribution is -2.33. The Hall–Kier alpha value is -1.74. The average molecular weight is 486 g/mol. The molecule has 0 saturated carbocycles. The van der Waals surface area contributed by atoms with Crippen molar-refractivity contribution in [2.24, 2.45) is 0 Å². The summed E-state index contributed by atoms with van der Waals surface area (Å²) in [6, 6.07) is 10.3. The molecule has 0 spiro atoms. The van der Waals surface area contributed by atoms with Crippen LogP contribution in [0.5, 0.6) is 0 Å². The highest BCUT2D eigenvalue weighted by Gasteiger charge is 2.21. The lowest BCUT2D eigenvalue weighted by molar-refractivity contribution is -0.118. The van der Waals surface area contributed by atoms with Crippen molar-refractivity contribution in [1.82, 2.24) is 9.88 Å². The van der Waals surface area contributed by atoms with E-state index in [1.54, 1.807) is 16.7 Å². The van der Waals surface area contributed by atoms with Crippen LogP contribution in [0.1, 0.15) is 18.4 Å². The van der Waals surface area contributed by atoms with Gasteiger partial charge in [0.15, 0.2) is 10.9 Å². The van der Waals surface area contributed by atoms with Crippen LogP contribution < -0.4 is 4.90 Å². The van der Waals surface area contributed by atoms with Crippen molar-refractivity contribution in [3.8, 4) is 0 Å². The Morgan fingerprint density at radius 3 is 2.52 bits per heavy atom. The number of aromatic nitrogens is 1. The van der Waals surface area contributed by atoms with E-state index < -0.39 is 11.6 Å². The van der Waals surface area contributed by atoms with Crippen molar-refractivity contribution in [2.45, 2.75) is 24.7 Å². The van der Waals surface area contributed by atoms with Crippen LogP contribution in [0.3, 0.4) is 0 Å². The first kappa shape index (κ1) is 25.5. The maximum absolute atomic E-state index is 14.1. The highest BCUT2D eigenvalue weighted by molar-refractivity contribution is 7.99. The molecule has 168 valence electrons. The predicted molar refractivity (Wildman–Crippen MR) is 129 cm³/mol. The Balaban J connectivity index is 0.00000341. The number of thiazole rings is 1. The number of rotatable bonds is 9. The lowest BCUT2D eigenvalue weighted by Gasteiger charge is -2.21. The monoisotopic (exact) mass is 485 g/mol. The Bertz CT molecular complexity index is 1010. The van der Waals surface area contributed by atoms with Gasteiger partial charge in [-0.15, -0.1) is 24.2 Å². The fourth-order valence-electron chi connectivity index (χ4n) is 2.96. The van der Waals surface area contributed by atoms with Crippen molar-refractivity contribution in [2.75, 3.05) is 37.8 Å². The van der Waals surface area contributed by atoms with E-state index in [-0.39, 0.29) is 23.8 Å². The van der Waals surface area contributed by atoms with Crippen LogP contribution in [-0.4, -0.2) is 48.7 Å². The predicted octanol–water partition coefficient (Wildman–Crippen LogP) is 5.77. The normalized spacial score (nSPS) is 11.0. The van der Waals surface area contributed by atoms with Gasteiger partial charge in [0, 0.05) is 29.7 Å². The zero-order valence-corrected chi connectivity index (χ0v) is 20.2. The molecule has 0 radical (unpaired) electrons. The Kier molecular flexibility index (Phi) is 9.68. The van der Waals surface area contributed by atoms with E-state index in [4.69, 9.17) is 0 Å². The molecule has 3 aromatic rings. The second kappa shape index (κ2) is 11.8. The van der Waals surface area contributed by atoms with Gasteiger partial charge < -0.3 is 4.90 Å². The molecule has 0 aliphatic carbocycles. The van der Waals surface area contributed by atoms with Crippen molar-refractivity contribution in [3.05, 3.63) is 53.6 Å². The van der Waals surface area contributed by atoms with Gasteiger partial charge in [0.1, 0.15) is 11.3 Å². The number of hydrogen-bond acceptors (Lipinski definition) is 5. The van der Waals surface area contributed by atoms with E-state index in [2.05, 4.69) is 4.98 Å². The molecule has 31 heavy (non-hydrogen) atoms. The smallest absolute Gasteiger partial charge is 0.229 e. The molecule has 0 atom stereocenters. The summed E-state index contributed by atoms with van der Waals surface area (Å²) in [6.45, 7) is 3.34. The Morgan fingerprint density at radius 2 is 1.84 bits per heavy atom. The molecule has 2 aromatic carbocycles. The molecule has 0 aliphatic rings. The molecule has 0 unspecified atom stereocenters. The minimum absolute atomic E-state index is 0. The second-order valence-electron chi connectivity index (χ2n) is 7.34. The van der Waals surface area contributed by atoms with Gasteiger partial charge in [0.2, 0.25) is 5.91 Å². The van der Waals surface area contributed by atoms with Crippen molar-refractivity contribution in [1.29, 1.82) is 0 Å². The van der Waals surface area contributed by atoms with Crippen LogP contribution in [0.25, 0.3) is 10.2 Å². The highest BCUT2D eigenvalue weighted by Crippen LogP contribution is 2.32. The molecule has 1 amide bonds. The van der Waals surface area contributed by atoms with Crippen LogP contribution in [0.4, 0.5) is 13.9 Å². The van der Waals surface area contributed by atoms with Crippen molar-refractivity contribution < 1.29 is 13.6 Å². The standard InChI is InChI=1S/C22H25F2N3OS2.ClH/c1-15-5-7-17(8-6-15)29-12-9-20(28)27(11-4-10-26(2)3)22-25-21-18(24)13-16(23)14-19(21)30-22;/h5-8,13-14H,4,9-12H2,1-3H3;1H. The summed E-state index contributed by atoms with van der Waals surface area (Å²) in [5.74, 6) is -0.772. The first-order valence-electron chi connectivity index (χ1n) is 9.73. The third kappa shape index (κ3) is 7.14. The second-order valence-corrected chi connectivity index (χ2v) is 9.52. The molecule has 0 saturated heterocycles. The minimum atomic E-state index is -0.705. The molecule has 9 heteroatoms. The fourth-order valence-corrected chi connectivity index (χ4v) is 4.85. The number of halogens is 3. The molecule has 1 aromatic heterocycles. The third-order valence-corrected chi connectivity index (χ3v) is 6.57. The minimum Gasteiger partial charge on any atom is -0.309 e. The summed E-state index contributed by atoms with van der Waals surface area (Å²) in [6.07, 6.45) is 1.10. The van der Waals surface area contributed by atoms with Gasteiger partial charge >= 0.3 is 0 Å². The van der Waals surface area contributed by atoms with Gasteiger partial charge in [0.05, 0.1) is 4.70 Å². The highest BCUT2D eigenvalue weighted by atomic mass is 35.5. The number of fused-ring (bicyclic) bond motifs is 1. The zero-order valence-electron chi connectivity index (χ0n) is 17.7.